The third-order valence-corrected chi connectivity index (χ3v) is 6.53. The molecule has 5 aromatic rings. The van der Waals surface area contributed by atoms with Gasteiger partial charge in [0, 0.05) is 23.0 Å². The Morgan fingerprint density at radius 3 is 2.48 bits per heavy atom. The van der Waals surface area contributed by atoms with Gasteiger partial charge in [-0.05, 0) is 73.4 Å². The molecule has 4 N–H and O–H groups in total. The van der Waals surface area contributed by atoms with E-state index in [0.717, 1.165) is 52.1 Å². The molecule has 0 aliphatic heterocycles. The van der Waals surface area contributed by atoms with Crippen LogP contribution in [0.5, 0.6) is 0 Å². The molecule has 1 aliphatic carbocycles. The quantitative estimate of drug-likeness (QED) is 0.423. The molecule has 0 bridgehead atoms. The van der Waals surface area contributed by atoms with E-state index in [-0.39, 0.29) is 5.54 Å². The number of nitrogens with two attached hydrogens (primary N) is 2. The molecule has 1 saturated carbocycles. The van der Waals surface area contributed by atoms with Crippen LogP contribution >= 0.6 is 0 Å². The number of imidazole rings is 1. The van der Waals surface area contributed by atoms with Crippen LogP contribution in [0.4, 0.5) is 5.82 Å². The Hall–Kier alpha value is -4.03. The van der Waals surface area contributed by atoms with Crippen LogP contribution in [0.15, 0.2) is 79.0 Å². The zero-order valence-electron chi connectivity index (χ0n) is 18.1. The second-order valence-corrected chi connectivity index (χ2v) is 8.59. The summed E-state index contributed by atoms with van der Waals surface area (Å²) in [5.74, 6) is 1.14. The second-order valence-electron chi connectivity index (χ2n) is 8.59. The predicted molar refractivity (Wildman–Crippen MR) is 130 cm³/mol. The lowest BCUT2D eigenvalue weighted by Gasteiger charge is -2.38. The molecule has 0 saturated heterocycles. The smallest absolute Gasteiger partial charge is 0.165 e. The van der Waals surface area contributed by atoms with Gasteiger partial charge in [0.25, 0.3) is 0 Å². The highest BCUT2D eigenvalue weighted by atomic mass is 15.1. The Morgan fingerprint density at radius 1 is 0.939 bits per heavy atom. The first-order chi connectivity index (χ1) is 16.1. The van der Waals surface area contributed by atoms with Crippen molar-refractivity contribution in [1.29, 1.82) is 0 Å². The molecule has 33 heavy (non-hydrogen) atoms. The fourth-order valence-corrected chi connectivity index (χ4v) is 4.49. The first kappa shape index (κ1) is 19.6. The van der Waals surface area contributed by atoms with Crippen LogP contribution in [-0.2, 0) is 5.54 Å². The zero-order valence-corrected chi connectivity index (χ0v) is 18.1. The van der Waals surface area contributed by atoms with Crippen molar-refractivity contribution in [3.05, 3.63) is 90.6 Å². The van der Waals surface area contributed by atoms with Gasteiger partial charge in [-0.15, -0.1) is 0 Å². The van der Waals surface area contributed by atoms with Crippen molar-refractivity contribution >= 4 is 17.0 Å². The number of nitrogens with zero attached hydrogens (tertiary/aromatic N) is 4. The molecule has 0 amide bonds. The van der Waals surface area contributed by atoms with E-state index < -0.39 is 0 Å². The largest absolute Gasteiger partial charge is 0.383 e. The Bertz CT molecular complexity index is 1450. The minimum Gasteiger partial charge on any atom is -0.383 e. The third kappa shape index (κ3) is 3.27. The summed E-state index contributed by atoms with van der Waals surface area (Å²) in [5.41, 5.74) is 18.9. The van der Waals surface area contributed by atoms with Crippen LogP contribution in [0.2, 0.25) is 0 Å². The topological polar surface area (TPSA) is 95.6 Å². The SMILES string of the molecule is Nc1ncccc1-c1nc2ccc(-c3c[c]ccc3)nc2n1-c1ccc(C2(N)CCC2)cc1. The Balaban J connectivity index is 1.57. The predicted octanol–water partition coefficient (Wildman–Crippen LogP) is 4.87. The average Bonchev–Trinajstić information content (AvgIpc) is 3.22. The number of benzene rings is 2. The molecule has 6 rings (SSSR count). The number of hydrogen-bond acceptors (Lipinski definition) is 5. The van der Waals surface area contributed by atoms with Crippen molar-refractivity contribution in [3.8, 4) is 28.3 Å². The highest BCUT2D eigenvalue weighted by molar-refractivity contribution is 5.84. The van der Waals surface area contributed by atoms with E-state index >= 15 is 0 Å². The normalized spacial score (nSPS) is 14.8. The van der Waals surface area contributed by atoms with Crippen LogP contribution in [0, 0.1) is 6.07 Å². The summed E-state index contributed by atoms with van der Waals surface area (Å²) in [6.07, 6.45) is 4.91. The van der Waals surface area contributed by atoms with Gasteiger partial charge in [-0.2, -0.15) is 0 Å². The highest BCUT2D eigenvalue weighted by Crippen LogP contribution is 2.39. The van der Waals surface area contributed by atoms with E-state index in [0.29, 0.717) is 11.6 Å². The first-order valence-corrected chi connectivity index (χ1v) is 11.1. The van der Waals surface area contributed by atoms with Crippen molar-refractivity contribution in [2.45, 2.75) is 24.8 Å². The Kier molecular flexibility index (Phi) is 4.48. The highest BCUT2D eigenvalue weighted by Gasteiger charge is 2.34. The lowest BCUT2D eigenvalue weighted by atomic mass is 9.73. The van der Waals surface area contributed by atoms with Gasteiger partial charge < -0.3 is 11.5 Å². The summed E-state index contributed by atoms with van der Waals surface area (Å²) in [6.45, 7) is 0. The van der Waals surface area contributed by atoms with E-state index in [1.54, 1.807) is 6.20 Å². The lowest BCUT2D eigenvalue weighted by molar-refractivity contribution is 0.253. The summed E-state index contributed by atoms with van der Waals surface area (Å²) in [4.78, 5) is 14.2. The first-order valence-electron chi connectivity index (χ1n) is 11.1. The maximum absolute atomic E-state index is 6.55. The van der Waals surface area contributed by atoms with Gasteiger partial charge in [-0.25, -0.2) is 15.0 Å². The van der Waals surface area contributed by atoms with Gasteiger partial charge in [0.05, 0.1) is 11.3 Å². The van der Waals surface area contributed by atoms with Crippen LogP contribution in [0.25, 0.3) is 39.5 Å². The van der Waals surface area contributed by atoms with E-state index in [1.807, 2.05) is 53.1 Å². The number of pyridine rings is 2. The molecule has 0 atom stereocenters. The number of anilines is 1. The van der Waals surface area contributed by atoms with Crippen LogP contribution in [-0.4, -0.2) is 19.5 Å². The molecule has 3 heterocycles. The molecule has 0 unspecified atom stereocenters. The third-order valence-electron chi connectivity index (χ3n) is 6.53. The van der Waals surface area contributed by atoms with E-state index in [1.165, 1.54) is 6.42 Å². The zero-order chi connectivity index (χ0) is 22.4. The lowest BCUT2D eigenvalue weighted by Crippen LogP contribution is -2.43. The molecular formula is C27H23N6. The second kappa shape index (κ2) is 7.53. The van der Waals surface area contributed by atoms with E-state index in [9.17, 15) is 0 Å². The van der Waals surface area contributed by atoms with Gasteiger partial charge in [-0.1, -0.05) is 30.3 Å². The molecule has 1 radical (unpaired) electrons. The van der Waals surface area contributed by atoms with Crippen molar-refractivity contribution in [3.63, 3.8) is 0 Å². The summed E-state index contributed by atoms with van der Waals surface area (Å²) in [7, 11) is 0. The maximum atomic E-state index is 6.55. The summed E-state index contributed by atoms with van der Waals surface area (Å²) < 4.78 is 2.05. The fraction of sp³-hybridized carbons (Fsp3) is 0.148. The molecule has 6 heteroatoms. The maximum Gasteiger partial charge on any atom is 0.165 e. The Labute approximate surface area is 191 Å². The monoisotopic (exact) mass is 431 g/mol. The summed E-state index contributed by atoms with van der Waals surface area (Å²) in [6, 6.07) is 27.1. The number of fused-ring (bicyclic) bond motifs is 1. The molecule has 0 spiro atoms. The van der Waals surface area contributed by atoms with Gasteiger partial charge in [0.1, 0.15) is 11.3 Å². The van der Waals surface area contributed by atoms with Crippen molar-refractivity contribution < 1.29 is 0 Å². The molecule has 2 aromatic carbocycles. The van der Waals surface area contributed by atoms with Crippen molar-refractivity contribution in [1.82, 2.24) is 19.5 Å². The number of nitrogen functional groups attached to an aromatic ring is 1. The number of rotatable bonds is 4. The molecule has 6 nitrogen and oxygen atoms in total. The minimum absolute atomic E-state index is 0.207. The number of aromatic nitrogens is 4. The van der Waals surface area contributed by atoms with Crippen LogP contribution in [0.1, 0.15) is 24.8 Å². The van der Waals surface area contributed by atoms with Gasteiger partial charge >= 0.3 is 0 Å². The molecule has 161 valence electrons. The van der Waals surface area contributed by atoms with Crippen LogP contribution < -0.4 is 11.5 Å². The fourth-order valence-electron chi connectivity index (χ4n) is 4.49. The van der Waals surface area contributed by atoms with Crippen molar-refractivity contribution in [2.24, 2.45) is 5.73 Å². The van der Waals surface area contributed by atoms with Crippen molar-refractivity contribution in [2.75, 3.05) is 5.73 Å². The van der Waals surface area contributed by atoms with Gasteiger partial charge in [0.2, 0.25) is 0 Å². The summed E-state index contributed by atoms with van der Waals surface area (Å²) >= 11 is 0. The Morgan fingerprint density at radius 2 is 1.79 bits per heavy atom. The molecule has 3 aromatic heterocycles. The van der Waals surface area contributed by atoms with Gasteiger partial charge in [0.15, 0.2) is 11.5 Å². The van der Waals surface area contributed by atoms with E-state index in [2.05, 4.69) is 35.3 Å². The van der Waals surface area contributed by atoms with Gasteiger partial charge in [-0.3, -0.25) is 4.57 Å². The number of hydrogen-bond donors (Lipinski definition) is 2. The molecule has 1 fully saturated rings. The molecule has 1 aliphatic rings. The van der Waals surface area contributed by atoms with Crippen LogP contribution in [0.3, 0.4) is 0 Å². The van der Waals surface area contributed by atoms with E-state index in [4.69, 9.17) is 21.4 Å². The summed E-state index contributed by atoms with van der Waals surface area (Å²) in [5, 5.41) is 0. The minimum atomic E-state index is -0.207. The standard InChI is InChI=1S/C27H23N6/c28-24-21(8-4-17-30-24)25-32-23-14-13-22(18-6-2-1-3-7-18)31-26(23)33(25)20-11-9-19(10-12-20)27(29)15-5-16-27/h1-2,4,6-14,17H,5,15-16,29H2,(H2,28,30). The molecular weight excluding hydrogens is 408 g/mol. The average molecular weight is 432 g/mol.